The lowest BCUT2D eigenvalue weighted by Gasteiger charge is -2.39. The summed E-state index contributed by atoms with van der Waals surface area (Å²) >= 11 is 0. The summed E-state index contributed by atoms with van der Waals surface area (Å²) in [5, 5.41) is 68.8. The highest BCUT2D eigenvalue weighted by atomic mass is 16.7. The molecule has 1 aliphatic heterocycles. The molecule has 5 unspecified atom stereocenters. The second-order valence-corrected chi connectivity index (χ2v) is 7.63. The van der Waals surface area contributed by atoms with Crippen molar-refractivity contribution < 1.29 is 54.8 Å². The molecule has 0 amide bonds. The Morgan fingerprint density at radius 3 is 2.27 bits per heavy atom. The fourth-order valence-electron chi connectivity index (χ4n) is 3.73. The standard InChI is InChI=1S/C22H20O11/c23-7-16-19(29)20(30)21(31)22(33-16)32-9-4-11-17(14(26)5-9)15(27)6-10(18(11)28)8-1-2-12(24)13(25)3-8/h1-6,16,19-26,29-31H,7H2. The third-order valence-electron chi connectivity index (χ3n) is 5.49. The van der Waals surface area contributed by atoms with Crippen LogP contribution in [0, 0.1) is 0 Å². The fourth-order valence-corrected chi connectivity index (χ4v) is 3.73. The summed E-state index contributed by atoms with van der Waals surface area (Å²) in [6.45, 7) is -0.680. The van der Waals surface area contributed by atoms with Crippen LogP contribution in [0.5, 0.6) is 23.0 Å². The van der Waals surface area contributed by atoms with E-state index in [0.29, 0.717) is 0 Å². The highest BCUT2D eigenvalue weighted by Crippen LogP contribution is 2.38. The molecule has 0 radical (unpaired) electrons. The van der Waals surface area contributed by atoms with Crippen LogP contribution in [0.15, 0.2) is 36.4 Å². The smallest absolute Gasteiger partial charge is 0.229 e. The van der Waals surface area contributed by atoms with Gasteiger partial charge in [-0.1, -0.05) is 6.07 Å². The van der Waals surface area contributed by atoms with Crippen molar-refractivity contribution in [2.45, 2.75) is 30.7 Å². The lowest BCUT2D eigenvalue weighted by molar-refractivity contribution is -0.277. The van der Waals surface area contributed by atoms with Crippen LogP contribution in [0.4, 0.5) is 0 Å². The van der Waals surface area contributed by atoms with E-state index in [0.717, 1.165) is 30.3 Å². The summed E-state index contributed by atoms with van der Waals surface area (Å²) in [6.07, 6.45) is -6.85. The number of carbonyl (C=O) groups excluding carboxylic acids is 2. The van der Waals surface area contributed by atoms with Crippen LogP contribution in [-0.2, 0) is 4.74 Å². The van der Waals surface area contributed by atoms with Gasteiger partial charge < -0.3 is 45.2 Å². The Kier molecular flexibility index (Phi) is 5.82. The van der Waals surface area contributed by atoms with Crippen LogP contribution in [0.2, 0.25) is 0 Å². The SMILES string of the molecule is O=C1C(c2ccc(O)c(O)c2)=CC(=O)c2c(O)cc(OC3OC(CO)C(O)C(O)C3O)cc21. The van der Waals surface area contributed by atoms with Gasteiger partial charge in [0.25, 0.3) is 0 Å². The number of allylic oxidation sites excluding steroid dienone is 2. The van der Waals surface area contributed by atoms with Crippen molar-refractivity contribution in [1.29, 1.82) is 0 Å². The Bertz CT molecular complexity index is 1150. The zero-order valence-electron chi connectivity index (χ0n) is 16.8. The Morgan fingerprint density at radius 1 is 0.879 bits per heavy atom. The largest absolute Gasteiger partial charge is 0.507 e. The van der Waals surface area contributed by atoms with Crippen molar-refractivity contribution in [3.8, 4) is 23.0 Å². The maximum atomic E-state index is 13.1. The topological polar surface area (TPSA) is 194 Å². The van der Waals surface area contributed by atoms with Gasteiger partial charge in [-0.15, -0.1) is 0 Å². The van der Waals surface area contributed by atoms with Gasteiger partial charge in [-0.05, 0) is 29.8 Å². The molecule has 1 fully saturated rings. The minimum Gasteiger partial charge on any atom is -0.507 e. The number of phenolic OH excluding ortho intramolecular Hbond substituents is 3. The van der Waals surface area contributed by atoms with E-state index in [2.05, 4.69) is 0 Å². The lowest BCUT2D eigenvalue weighted by Crippen LogP contribution is -2.60. The fraction of sp³-hybridized carbons (Fsp3) is 0.273. The molecule has 174 valence electrons. The molecule has 0 aromatic heterocycles. The minimum absolute atomic E-state index is 0.104. The number of benzene rings is 2. The summed E-state index contributed by atoms with van der Waals surface area (Å²) in [7, 11) is 0. The average molecular weight is 460 g/mol. The molecule has 5 atom stereocenters. The number of phenols is 3. The van der Waals surface area contributed by atoms with Crippen LogP contribution < -0.4 is 4.74 Å². The summed E-state index contributed by atoms with van der Waals surface area (Å²) < 4.78 is 10.7. The maximum Gasteiger partial charge on any atom is 0.229 e. The monoisotopic (exact) mass is 460 g/mol. The van der Waals surface area contributed by atoms with E-state index in [1.54, 1.807) is 0 Å². The van der Waals surface area contributed by atoms with E-state index < -0.39 is 66.1 Å². The molecule has 0 spiro atoms. The molecule has 4 rings (SSSR count). The van der Waals surface area contributed by atoms with Crippen LogP contribution in [0.3, 0.4) is 0 Å². The zero-order valence-corrected chi connectivity index (χ0v) is 16.8. The van der Waals surface area contributed by atoms with E-state index in [1.807, 2.05) is 0 Å². The average Bonchev–Trinajstić information content (AvgIpc) is 2.78. The zero-order chi connectivity index (χ0) is 24.0. The highest BCUT2D eigenvalue weighted by Gasteiger charge is 2.45. The number of hydrogen-bond donors (Lipinski definition) is 7. The number of carbonyl (C=O) groups is 2. The van der Waals surface area contributed by atoms with E-state index in [1.165, 1.54) is 6.07 Å². The third-order valence-corrected chi connectivity index (χ3v) is 5.49. The number of hydrogen-bond acceptors (Lipinski definition) is 11. The molecule has 2 aromatic carbocycles. The molecule has 2 aliphatic rings. The summed E-state index contributed by atoms with van der Waals surface area (Å²) in [5.74, 6) is -3.08. The molecule has 0 bridgehead atoms. The first kappa shape index (κ1) is 22.7. The molecule has 1 heterocycles. The van der Waals surface area contributed by atoms with Crippen LogP contribution >= 0.6 is 0 Å². The highest BCUT2D eigenvalue weighted by molar-refractivity contribution is 6.39. The number of ether oxygens (including phenoxy) is 2. The Hall–Kier alpha value is -3.48. The molecule has 11 heteroatoms. The van der Waals surface area contributed by atoms with Crippen molar-refractivity contribution in [2.24, 2.45) is 0 Å². The van der Waals surface area contributed by atoms with Gasteiger partial charge in [0, 0.05) is 17.2 Å². The summed E-state index contributed by atoms with van der Waals surface area (Å²) in [6, 6.07) is 5.71. The lowest BCUT2D eigenvalue weighted by atomic mass is 9.85. The molecule has 33 heavy (non-hydrogen) atoms. The second kappa shape index (κ2) is 8.46. The first-order valence-corrected chi connectivity index (χ1v) is 9.79. The van der Waals surface area contributed by atoms with Gasteiger partial charge in [0.15, 0.2) is 23.1 Å². The van der Waals surface area contributed by atoms with E-state index in [-0.39, 0.29) is 28.0 Å². The molecule has 1 saturated heterocycles. The summed E-state index contributed by atoms with van der Waals surface area (Å²) in [4.78, 5) is 25.7. The number of aliphatic hydroxyl groups excluding tert-OH is 4. The molecule has 7 N–H and O–H groups in total. The molecule has 2 aromatic rings. The van der Waals surface area contributed by atoms with Gasteiger partial charge >= 0.3 is 0 Å². The molecule has 1 aliphatic carbocycles. The maximum absolute atomic E-state index is 13.1. The molecular formula is C22H20O11. The normalized spacial score (nSPS) is 27.2. The van der Waals surface area contributed by atoms with Gasteiger partial charge in [-0.25, -0.2) is 0 Å². The van der Waals surface area contributed by atoms with Crippen molar-refractivity contribution in [1.82, 2.24) is 0 Å². The minimum atomic E-state index is -1.73. The van der Waals surface area contributed by atoms with Gasteiger partial charge in [0.1, 0.15) is 35.9 Å². The van der Waals surface area contributed by atoms with Crippen molar-refractivity contribution >= 4 is 17.1 Å². The Balaban J connectivity index is 1.68. The number of rotatable bonds is 4. The van der Waals surface area contributed by atoms with Crippen molar-refractivity contribution in [2.75, 3.05) is 6.61 Å². The van der Waals surface area contributed by atoms with Gasteiger partial charge in [-0.3, -0.25) is 9.59 Å². The molecule has 11 nitrogen and oxygen atoms in total. The first-order chi connectivity index (χ1) is 15.6. The number of Topliss-reactive ketones (excluding diaryl/α,β-unsaturated/α-hetero) is 1. The predicted molar refractivity (Wildman–Crippen MR) is 109 cm³/mol. The van der Waals surface area contributed by atoms with Gasteiger partial charge in [-0.2, -0.15) is 0 Å². The second-order valence-electron chi connectivity index (χ2n) is 7.63. The molecular weight excluding hydrogens is 440 g/mol. The summed E-state index contributed by atoms with van der Waals surface area (Å²) in [5.41, 5.74) is -0.473. The van der Waals surface area contributed by atoms with E-state index in [9.17, 15) is 45.3 Å². The number of fused-ring (bicyclic) bond motifs is 1. The van der Waals surface area contributed by atoms with Gasteiger partial charge in [0.05, 0.1) is 12.2 Å². The van der Waals surface area contributed by atoms with E-state index >= 15 is 0 Å². The predicted octanol–water partition coefficient (Wildman–Crippen LogP) is -0.555. The van der Waals surface area contributed by atoms with E-state index in [4.69, 9.17) is 9.47 Å². The van der Waals surface area contributed by atoms with Crippen LogP contribution in [-0.4, -0.2) is 84.6 Å². The first-order valence-electron chi connectivity index (χ1n) is 9.79. The number of aromatic hydroxyl groups is 3. The van der Waals surface area contributed by atoms with Crippen molar-refractivity contribution in [3.05, 3.63) is 53.1 Å². The van der Waals surface area contributed by atoms with Gasteiger partial charge in [0.2, 0.25) is 6.29 Å². The van der Waals surface area contributed by atoms with Crippen LogP contribution in [0.1, 0.15) is 26.3 Å². The van der Waals surface area contributed by atoms with Crippen molar-refractivity contribution in [3.63, 3.8) is 0 Å². The Labute approximate surface area is 186 Å². The quantitative estimate of drug-likeness (QED) is 0.289. The van der Waals surface area contributed by atoms with Crippen LogP contribution in [0.25, 0.3) is 5.57 Å². The molecule has 0 saturated carbocycles. The third kappa shape index (κ3) is 3.92. The Morgan fingerprint density at radius 2 is 1.61 bits per heavy atom. The number of ketones is 2. The number of aliphatic hydroxyl groups is 4.